The maximum absolute atomic E-state index is 12.5. The van der Waals surface area contributed by atoms with Crippen molar-refractivity contribution in [1.29, 1.82) is 0 Å². The number of amides is 1. The molecule has 1 heterocycles. The van der Waals surface area contributed by atoms with Crippen LogP contribution >= 0.6 is 11.6 Å². The van der Waals surface area contributed by atoms with Crippen molar-refractivity contribution in [1.82, 2.24) is 0 Å². The van der Waals surface area contributed by atoms with Crippen LogP contribution in [0, 0.1) is 0 Å². The molecule has 0 spiro atoms. The predicted molar refractivity (Wildman–Crippen MR) is 68.0 cm³/mol. The van der Waals surface area contributed by atoms with Gasteiger partial charge >= 0.3 is 11.9 Å². The van der Waals surface area contributed by atoms with Crippen LogP contribution in [0.25, 0.3) is 0 Å². The van der Waals surface area contributed by atoms with Gasteiger partial charge in [-0.3, -0.25) is 4.90 Å². The van der Waals surface area contributed by atoms with E-state index in [0.717, 1.165) is 17.0 Å². The Labute approximate surface area is 119 Å². The number of alkyl halides is 3. The first-order valence-electron chi connectivity index (χ1n) is 5.52. The van der Waals surface area contributed by atoms with Crippen molar-refractivity contribution in [2.75, 3.05) is 17.3 Å². The van der Waals surface area contributed by atoms with Crippen LogP contribution in [-0.4, -0.2) is 38.8 Å². The molecule has 0 saturated carbocycles. The third kappa shape index (κ3) is 2.71. The number of ether oxygens (including phenoxy) is 1. The van der Waals surface area contributed by atoms with Gasteiger partial charge < -0.3 is 4.74 Å². The summed E-state index contributed by atoms with van der Waals surface area (Å²) in [5.74, 6) is -3.42. The van der Waals surface area contributed by atoms with Crippen molar-refractivity contribution >= 4 is 33.2 Å². The maximum Gasteiger partial charge on any atom is 0.414 e. The number of anilines is 1. The minimum absolute atomic E-state index is 0.0945. The summed E-state index contributed by atoms with van der Waals surface area (Å²) in [6.45, 7) is 0.139. The molecule has 1 unspecified atom stereocenters. The molecular weight excluding hydrogens is 316 g/mol. The summed E-state index contributed by atoms with van der Waals surface area (Å²) >= 11 is 5.57. The van der Waals surface area contributed by atoms with E-state index in [9.17, 15) is 22.0 Å². The van der Waals surface area contributed by atoms with Crippen LogP contribution in [0.1, 0.15) is 0 Å². The van der Waals surface area contributed by atoms with Gasteiger partial charge in [-0.1, -0.05) is 6.07 Å². The number of benzene rings is 1. The highest BCUT2D eigenvalue weighted by Gasteiger charge is 2.33. The number of hydrogen-bond acceptors (Lipinski definition) is 4. The second-order valence-corrected chi connectivity index (χ2v) is 6.30. The van der Waals surface area contributed by atoms with Gasteiger partial charge in [0.1, 0.15) is 6.10 Å². The van der Waals surface area contributed by atoms with E-state index in [2.05, 4.69) is 0 Å². The van der Waals surface area contributed by atoms with Crippen LogP contribution in [0.15, 0.2) is 29.2 Å². The molecule has 1 saturated heterocycles. The quantitative estimate of drug-likeness (QED) is 0.796. The van der Waals surface area contributed by atoms with Crippen LogP contribution in [0.5, 0.6) is 0 Å². The Bertz CT molecular complexity index is 623. The zero-order chi connectivity index (χ0) is 14.9. The number of cyclic esters (lactones) is 1. The zero-order valence-electron chi connectivity index (χ0n) is 10.0. The summed E-state index contributed by atoms with van der Waals surface area (Å²) in [5, 5.41) is 0. The third-order valence-electron chi connectivity index (χ3n) is 2.74. The molecule has 110 valence electrons. The van der Waals surface area contributed by atoms with Gasteiger partial charge in [0.05, 0.1) is 17.3 Å². The van der Waals surface area contributed by atoms with Crippen molar-refractivity contribution in [3.8, 4) is 0 Å². The fourth-order valence-electron chi connectivity index (χ4n) is 1.74. The molecule has 0 radical (unpaired) electrons. The Balaban J connectivity index is 2.34. The maximum atomic E-state index is 12.5. The number of nitrogens with zero attached hydrogens (tertiary/aromatic N) is 1. The Morgan fingerprint density at radius 3 is 2.70 bits per heavy atom. The highest BCUT2D eigenvalue weighted by molar-refractivity contribution is 7.91. The zero-order valence-corrected chi connectivity index (χ0v) is 11.6. The van der Waals surface area contributed by atoms with E-state index in [4.69, 9.17) is 16.3 Å². The van der Waals surface area contributed by atoms with E-state index in [1.165, 1.54) is 12.1 Å². The molecule has 5 nitrogen and oxygen atoms in total. The number of sulfone groups is 1. The molecule has 0 N–H and O–H groups in total. The second-order valence-electron chi connectivity index (χ2n) is 4.07. The molecule has 0 aliphatic carbocycles. The molecule has 20 heavy (non-hydrogen) atoms. The summed E-state index contributed by atoms with van der Waals surface area (Å²) in [4.78, 5) is 12.2. The van der Waals surface area contributed by atoms with Gasteiger partial charge in [0.25, 0.3) is 0 Å². The molecule has 1 aliphatic heterocycles. The molecule has 1 aliphatic rings. The van der Waals surface area contributed by atoms with Gasteiger partial charge in [-0.2, -0.15) is 8.78 Å². The molecule has 2 rings (SSSR count). The average molecular weight is 326 g/mol. The Morgan fingerprint density at radius 2 is 2.15 bits per heavy atom. The third-order valence-corrected chi connectivity index (χ3v) is 4.46. The van der Waals surface area contributed by atoms with Gasteiger partial charge in [0.15, 0.2) is 0 Å². The van der Waals surface area contributed by atoms with Crippen LogP contribution in [0.2, 0.25) is 0 Å². The lowest BCUT2D eigenvalue weighted by atomic mass is 10.3. The number of hydrogen-bond donors (Lipinski definition) is 0. The number of carbonyl (C=O) groups is 1. The Morgan fingerprint density at radius 1 is 1.45 bits per heavy atom. The van der Waals surface area contributed by atoms with Gasteiger partial charge in [-0.25, -0.2) is 13.2 Å². The van der Waals surface area contributed by atoms with E-state index in [1.54, 1.807) is 0 Å². The molecule has 0 aromatic heterocycles. The molecule has 1 aromatic rings. The summed E-state index contributed by atoms with van der Waals surface area (Å²) < 4.78 is 52.7. The summed E-state index contributed by atoms with van der Waals surface area (Å²) in [7, 11) is -4.70. The van der Waals surface area contributed by atoms with Crippen LogP contribution < -0.4 is 4.90 Å². The van der Waals surface area contributed by atoms with E-state index in [1.807, 2.05) is 0 Å². The molecule has 9 heteroatoms. The SMILES string of the molecule is O=C1OC(CCl)CN1c1cccc(S(=O)(=O)C(F)F)c1. The largest absolute Gasteiger partial charge is 0.443 e. The standard InChI is InChI=1S/C11H10ClF2NO4S/c12-5-8-6-15(11(16)19-8)7-2-1-3-9(4-7)20(17,18)10(13)14/h1-4,8,10H,5-6H2. The smallest absolute Gasteiger partial charge is 0.414 e. The van der Waals surface area contributed by atoms with Crippen molar-refractivity contribution < 1.29 is 26.7 Å². The minimum Gasteiger partial charge on any atom is -0.443 e. The van der Waals surface area contributed by atoms with Crippen molar-refractivity contribution in [2.45, 2.75) is 16.8 Å². The monoisotopic (exact) mass is 325 g/mol. The lowest BCUT2D eigenvalue weighted by molar-refractivity contribution is 0.151. The molecule has 1 amide bonds. The van der Waals surface area contributed by atoms with E-state index in [0.29, 0.717) is 0 Å². The number of carbonyl (C=O) groups excluding carboxylic acids is 1. The summed E-state index contributed by atoms with van der Waals surface area (Å²) in [5.41, 5.74) is 0.171. The van der Waals surface area contributed by atoms with E-state index >= 15 is 0 Å². The normalized spacial score (nSPS) is 19.5. The second kappa shape index (κ2) is 5.53. The lowest BCUT2D eigenvalue weighted by Gasteiger charge is -2.14. The van der Waals surface area contributed by atoms with Gasteiger partial charge in [0.2, 0.25) is 9.84 Å². The average Bonchev–Trinajstić information content (AvgIpc) is 2.80. The number of halogens is 3. The van der Waals surface area contributed by atoms with Crippen molar-refractivity contribution in [2.24, 2.45) is 0 Å². The predicted octanol–water partition coefficient (Wildman–Crippen LogP) is 2.25. The van der Waals surface area contributed by atoms with Crippen molar-refractivity contribution in [3.63, 3.8) is 0 Å². The fourth-order valence-corrected chi connectivity index (χ4v) is 2.66. The minimum atomic E-state index is -4.70. The first-order chi connectivity index (χ1) is 9.36. The first-order valence-corrected chi connectivity index (χ1v) is 7.60. The highest BCUT2D eigenvalue weighted by Crippen LogP contribution is 2.26. The molecule has 1 fully saturated rings. The van der Waals surface area contributed by atoms with Crippen molar-refractivity contribution in [3.05, 3.63) is 24.3 Å². The topological polar surface area (TPSA) is 63.7 Å². The molecule has 1 aromatic carbocycles. The summed E-state index contributed by atoms with van der Waals surface area (Å²) in [6, 6.07) is 4.78. The van der Waals surface area contributed by atoms with Gasteiger partial charge in [-0.15, -0.1) is 11.6 Å². The highest BCUT2D eigenvalue weighted by atomic mass is 35.5. The van der Waals surface area contributed by atoms with Crippen LogP contribution in [-0.2, 0) is 14.6 Å². The van der Waals surface area contributed by atoms with Gasteiger partial charge in [0, 0.05) is 5.69 Å². The van der Waals surface area contributed by atoms with E-state index < -0.39 is 32.7 Å². The number of rotatable bonds is 4. The van der Waals surface area contributed by atoms with E-state index in [-0.39, 0.29) is 18.1 Å². The fraction of sp³-hybridized carbons (Fsp3) is 0.364. The Kier molecular flexibility index (Phi) is 4.14. The van der Waals surface area contributed by atoms with Crippen LogP contribution in [0.3, 0.4) is 0 Å². The summed E-state index contributed by atoms with van der Waals surface area (Å²) in [6.07, 6.45) is -1.21. The molecular formula is C11H10ClF2NO4S. The lowest BCUT2D eigenvalue weighted by Crippen LogP contribution is -2.25. The molecule has 0 bridgehead atoms. The van der Waals surface area contributed by atoms with Crippen LogP contribution in [0.4, 0.5) is 19.3 Å². The first kappa shape index (κ1) is 15.0. The Hall–Kier alpha value is -1.41. The molecule has 1 atom stereocenters. The van der Waals surface area contributed by atoms with Gasteiger partial charge in [-0.05, 0) is 18.2 Å².